The zero-order chi connectivity index (χ0) is 20.5. The van der Waals surface area contributed by atoms with E-state index in [1.165, 1.54) is 17.9 Å². The van der Waals surface area contributed by atoms with Gasteiger partial charge in [0.05, 0.1) is 19.3 Å². The summed E-state index contributed by atoms with van der Waals surface area (Å²) in [6.07, 6.45) is 2.17. The molecule has 8 heteroatoms. The quantitative estimate of drug-likeness (QED) is 0.764. The fourth-order valence-electron chi connectivity index (χ4n) is 2.94. The minimum absolute atomic E-state index is 0.0618. The summed E-state index contributed by atoms with van der Waals surface area (Å²) in [7, 11) is -2.36. The number of methoxy groups -OCH3 is 1. The highest BCUT2D eigenvalue weighted by Gasteiger charge is 2.26. The topological polar surface area (TPSA) is 90.3 Å². The average molecular weight is 406 g/mol. The van der Waals surface area contributed by atoms with Crippen LogP contribution in [0.5, 0.6) is 5.75 Å². The second-order valence-electron chi connectivity index (χ2n) is 8.11. The highest BCUT2D eigenvalue weighted by atomic mass is 32.2. The molecule has 0 saturated heterocycles. The van der Waals surface area contributed by atoms with Crippen molar-refractivity contribution in [1.82, 2.24) is 14.5 Å². The Bertz CT molecular complexity index is 1020. The predicted molar refractivity (Wildman–Crippen MR) is 107 cm³/mol. The lowest BCUT2D eigenvalue weighted by Gasteiger charge is -2.21. The molecular formula is C20H27N3O4S. The van der Waals surface area contributed by atoms with Crippen LogP contribution in [0, 0.1) is 0 Å². The minimum Gasteiger partial charge on any atom is -0.495 e. The van der Waals surface area contributed by atoms with Crippen LogP contribution in [0.25, 0.3) is 0 Å². The Balaban J connectivity index is 1.77. The van der Waals surface area contributed by atoms with Gasteiger partial charge in [0, 0.05) is 18.5 Å². The average Bonchev–Trinajstić information content (AvgIpc) is 3.47. The Labute approximate surface area is 165 Å². The summed E-state index contributed by atoms with van der Waals surface area (Å²) in [5, 5.41) is 4.35. The van der Waals surface area contributed by atoms with Gasteiger partial charge in [-0.1, -0.05) is 26.8 Å². The molecule has 28 heavy (non-hydrogen) atoms. The molecular weight excluding hydrogens is 378 g/mol. The molecule has 0 aliphatic heterocycles. The van der Waals surface area contributed by atoms with Crippen molar-refractivity contribution in [2.24, 2.45) is 0 Å². The molecule has 2 aromatic rings. The van der Waals surface area contributed by atoms with Crippen LogP contribution in [0.3, 0.4) is 0 Å². The number of benzene rings is 1. The van der Waals surface area contributed by atoms with Gasteiger partial charge in [0.15, 0.2) is 0 Å². The number of ether oxygens (including phenoxy) is 1. The lowest BCUT2D eigenvalue weighted by atomic mass is 9.87. The van der Waals surface area contributed by atoms with E-state index in [2.05, 4.69) is 9.82 Å². The van der Waals surface area contributed by atoms with Crippen LogP contribution < -0.4 is 15.0 Å². The van der Waals surface area contributed by atoms with E-state index in [-0.39, 0.29) is 34.7 Å². The fourth-order valence-corrected chi connectivity index (χ4v) is 4.15. The van der Waals surface area contributed by atoms with E-state index in [1.807, 2.05) is 26.8 Å². The van der Waals surface area contributed by atoms with Crippen molar-refractivity contribution in [2.75, 3.05) is 13.7 Å². The number of sulfonamides is 1. The van der Waals surface area contributed by atoms with Crippen LogP contribution in [-0.2, 0) is 22.0 Å². The summed E-state index contributed by atoms with van der Waals surface area (Å²) in [4.78, 5) is 12.1. The normalized spacial score (nSPS) is 14.9. The third kappa shape index (κ3) is 4.62. The molecule has 1 heterocycles. The molecule has 1 aliphatic carbocycles. The van der Waals surface area contributed by atoms with Crippen LogP contribution in [0.2, 0.25) is 0 Å². The van der Waals surface area contributed by atoms with E-state index >= 15 is 0 Å². The van der Waals surface area contributed by atoms with Crippen LogP contribution >= 0.6 is 0 Å². The Hall–Kier alpha value is -2.19. The monoisotopic (exact) mass is 405 g/mol. The molecule has 1 N–H and O–H groups in total. The first-order valence-electron chi connectivity index (χ1n) is 9.38. The third-order valence-electron chi connectivity index (χ3n) is 4.82. The first kappa shape index (κ1) is 20.5. The second kappa shape index (κ2) is 7.67. The van der Waals surface area contributed by atoms with Crippen molar-refractivity contribution in [1.29, 1.82) is 0 Å². The summed E-state index contributed by atoms with van der Waals surface area (Å²) >= 11 is 0. The zero-order valence-electron chi connectivity index (χ0n) is 16.7. The molecule has 0 amide bonds. The number of hydrogen-bond acceptors (Lipinski definition) is 5. The van der Waals surface area contributed by atoms with Crippen molar-refractivity contribution < 1.29 is 13.2 Å². The summed E-state index contributed by atoms with van der Waals surface area (Å²) in [5.41, 5.74) is 1.35. The molecule has 1 aromatic carbocycles. The van der Waals surface area contributed by atoms with Gasteiger partial charge in [0.2, 0.25) is 10.0 Å². The molecule has 0 bridgehead atoms. The summed E-state index contributed by atoms with van der Waals surface area (Å²) < 4.78 is 34.8. The smallest absolute Gasteiger partial charge is 0.266 e. The van der Waals surface area contributed by atoms with E-state index in [1.54, 1.807) is 18.2 Å². The van der Waals surface area contributed by atoms with Crippen molar-refractivity contribution >= 4 is 10.0 Å². The molecule has 1 saturated carbocycles. The van der Waals surface area contributed by atoms with Crippen LogP contribution in [0.1, 0.15) is 50.8 Å². The van der Waals surface area contributed by atoms with Crippen molar-refractivity contribution in [3.05, 3.63) is 51.9 Å². The molecule has 7 nitrogen and oxygen atoms in total. The van der Waals surface area contributed by atoms with Gasteiger partial charge >= 0.3 is 0 Å². The molecule has 1 aromatic heterocycles. The maximum Gasteiger partial charge on any atom is 0.266 e. The molecule has 3 rings (SSSR count). The van der Waals surface area contributed by atoms with E-state index < -0.39 is 10.0 Å². The van der Waals surface area contributed by atoms with Gasteiger partial charge in [-0.3, -0.25) is 4.79 Å². The Morgan fingerprint density at radius 2 is 1.93 bits per heavy atom. The van der Waals surface area contributed by atoms with Gasteiger partial charge in [0.25, 0.3) is 5.56 Å². The second-order valence-corrected chi connectivity index (χ2v) is 9.84. The van der Waals surface area contributed by atoms with Crippen LogP contribution in [0.4, 0.5) is 0 Å². The van der Waals surface area contributed by atoms with Crippen LogP contribution in [-0.4, -0.2) is 31.9 Å². The van der Waals surface area contributed by atoms with E-state index in [4.69, 9.17) is 4.74 Å². The van der Waals surface area contributed by atoms with Crippen molar-refractivity contribution in [3.63, 3.8) is 0 Å². The molecule has 0 atom stereocenters. The molecule has 0 spiro atoms. The fraction of sp³-hybridized carbons (Fsp3) is 0.500. The Morgan fingerprint density at radius 3 is 2.54 bits per heavy atom. The third-order valence-corrected chi connectivity index (χ3v) is 6.30. The lowest BCUT2D eigenvalue weighted by Crippen LogP contribution is -2.32. The summed E-state index contributed by atoms with van der Waals surface area (Å²) in [5.74, 6) is 0.708. The highest BCUT2D eigenvalue weighted by molar-refractivity contribution is 7.89. The van der Waals surface area contributed by atoms with Gasteiger partial charge in [0.1, 0.15) is 10.6 Å². The van der Waals surface area contributed by atoms with E-state index in [9.17, 15) is 13.2 Å². The first-order valence-corrected chi connectivity index (χ1v) is 10.9. The number of nitrogens with one attached hydrogen (secondary N) is 1. The molecule has 1 aliphatic rings. The Morgan fingerprint density at radius 1 is 1.21 bits per heavy atom. The SMILES string of the molecule is COc1ccc(C(C)(C)C)cc1S(=O)(=O)NCCn1nc(C2CC2)ccc1=O. The zero-order valence-corrected chi connectivity index (χ0v) is 17.5. The predicted octanol–water partition coefficient (Wildman–Crippen LogP) is 2.41. The van der Waals surface area contributed by atoms with Gasteiger partial charge in [-0.15, -0.1) is 0 Å². The molecule has 152 valence electrons. The first-order chi connectivity index (χ1) is 13.1. The summed E-state index contributed by atoms with van der Waals surface area (Å²) in [6, 6.07) is 8.42. The minimum atomic E-state index is -3.80. The highest BCUT2D eigenvalue weighted by Crippen LogP contribution is 2.38. The summed E-state index contributed by atoms with van der Waals surface area (Å²) in [6.45, 7) is 6.28. The Kier molecular flexibility index (Phi) is 5.63. The number of rotatable bonds is 7. The number of nitrogens with zero attached hydrogens (tertiary/aromatic N) is 2. The van der Waals surface area contributed by atoms with E-state index in [0.29, 0.717) is 5.92 Å². The molecule has 0 radical (unpaired) electrons. The van der Waals surface area contributed by atoms with Gasteiger partial charge in [-0.05, 0) is 42.0 Å². The van der Waals surface area contributed by atoms with Crippen molar-refractivity contribution in [2.45, 2.75) is 56.4 Å². The standard InChI is InChI=1S/C20H27N3O4S/c1-20(2,3)15-7-9-17(27-4)18(13-15)28(25,26)21-11-12-23-19(24)10-8-16(22-23)14-5-6-14/h7-10,13-14,21H,5-6,11-12H2,1-4H3. The van der Waals surface area contributed by atoms with Crippen molar-refractivity contribution in [3.8, 4) is 5.75 Å². The lowest BCUT2D eigenvalue weighted by molar-refractivity contribution is 0.401. The van der Waals surface area contributed by atoms with Gasteiger partial charge < -0.3 is 4.74 Å². The van der Waals surface area contributed by atoms with E-state index in [0.717, 1.165) is 24.1 Å². The van der Waals surface area contributed by atoms with Crippen LogP contribution in [0.15, 0.2) is 40.0 Å². The molecule has 1 fully saturated rings. The molecule has 0 unspecified atom stereocenters. The maximum atomic E-state index is 12.9. The van der Waals surface area contributed by atoms with Gasteiger partial charge in [-0.2, -0.15) is 5.10 Å². The number of hydrogen-bond donors (Lipinski definition) is 1. The van der Waals surface area contributed by atoms with Gasteiger partial charge in [-0.25, -0.2) is 17.8 Å². The largest absolute Gasteiger partial charge is 0.495 e. The number of aromatic nitrogens is 2. The maximum absolute atomic E-state index is 12.9.